The van der Waals surface area contributed by atoms with E-state index in [0.29, 0.717) is 5.75 Å². The van der Waals surface area contributed by atoms with Crippen molar-refractivity contribution in [2.24, 2.45) is 0 Å². The standard InChI is InChI=1S/C17H17NO7S/c1-12-3-6-14(7-4-12)24-9-10-25-17(19)13-5-8-16(26(2,22)23)15(11-13)18(20)21/h3-8,11H,9-10H2,1-2H3. The van der Waals surface area contributed by atoms with Gasteiger partial charge < -0.3 is 9.47 Å². The zero-order chi connectivity index (χ0) is 19.3. The van der Waals surface area contributed by atoms with E-state index in [0.717, 1.165) is 24.0 Å². The Kier molecular flexibility index (Phi) is 5.93. The lowest BCUT2D eigenvalue weighted by atomic mass is 10.2. The van der Waals surface area contributed by atoms with Crippen molar-refractivity contribution in [3.8, 4) is 5.75 Å². The number of aryl methyl sites for hydroxylation is 1. The largest absolute Gasteiger partial charge is 0.490 e. The van der Waals surface area contributed by atoms with Crippen LogP contribution in [-0.2, 0) is 14.6 Å². The second kappa shape index (κ2) is 7.96. The highest BCUT2D eigenvalue weighted by atomic mass is 32.2. The molecule has 0 saturated carbocycles. The van der Waals surface area contributed by atoms with Crippen molar-refractivity contribution in [3.63, 3.8) is 0 Å². The molecule has 0 saturated heterocycles. The van der Waals surface area contributed by atoms with E-state index in [1.54, 1.807) is 12.1 Å². The summed E-state index contributed by atoms with van der Waals surface area (Å²) in [6.45, 7) is 1.99. The number of benzene rings is 2. The molecule has 0 heterocycles. The molecule has 138 valence electrons. The molecule has 0 N–H and O–H groups in total. The first-order chi connectivity index (χ1) is 12.2. The first-order valence-electron chi connectivity index (χ1n) is 7.53. The van der Waals surface area contributed by atoms with Crippen LogP contribution in [0.4, 0.5) is 5.69 Å². The van der Waals surface area contributed by atoms with Crippen molar-refractivity contribution in [2.75, 3.05) is 19.5 Å². The number of ether oxygens (including phenoxy) is 2. The number of nitro groups is 1. The highest BCUT2D eigenvalue weighted by Crippen LogP contribution is 2.25. The first kappa shape index (κ1) is 19.4. The van der Waals surface area contributed by atoms with Crippen LogP contribution in [0.3, 0.4) is 0 Å². The van der Waals surface area contributed by atoms with Gasteiger partial charge in [0.05, 0.1) is 10.5 Å². The molecule has 0 spiro atoms. The molecule has 0 bridgehead atoms. The Morgan fingerprint density at radius 3 is 2.35 bits per heavy atom. The number of hydrogen-bond donors (Lipinski definition) is 0. The fourth-order valence-corrected chi connectivity index (χ4v) is 2.94. The van der Waals surface area contributed by atoms with Crippen molar-refractivity contribution in [1.82, 2.24) is 0 Å². The Balaban J connectivity index is 2.00. The molecule has 0 aliphatic rings. The summed E-state index contributed by atoms with van der Waals surface area (Å²) in [5.74, 6) is -0.180. The summed E-state index contributed by atoms with van der Waals surface area (Å²) in [5, 5.41) is 11.1. The Morgan fingerprint density at radius 2 is 1.77 bits per heavy atom. The molecule has 8 nitrogen and oxygen atoms in total. The molecule has 2 aromatic carbocycles. The smallest absolute Gasteiger partial charge is 0.338 e. The minimum absolute atomic E-state index is 0.0612. The number of nitrogens with zero attached hydrogens (tertiary/aromatic N) is 1. The Morgan fingerprint density at radius 1 is 1.12 bits per heavy atom. The van der Waals surface area contributed by atoms with E-state index in [1.807, 2.05) is 19.1 Å². The van der Waals surface area contributed by atoms with E-state index >= 15 is 0 Å². The van der Waals surface area contributed by atoms with Gasteiger partial charge in [-0.15, -0.1) is 0 Å². The lowest BCUT2D eigenvalue weighted by Gasteiger charge is -2.08. The third-order valence-corrected chi connectivity index (χ3v) is 4.54. The van der Waals surface area contributed by atoms with Crippen molar-refractivity contribution in [1.29, 1.82) is 0 Å². The normalized spacial score (nSPS) is 11.0. The quantitative estimate of drug-likeness (QED) is 0.314. The Bertz CT molecular complexity index is 921. The van der Waals surface area contributed by atoms with E-state index in [-0.39, 0.29) is 18.8 Å². The van der Waals surface area contributed by atoms with Crippen LogP contribution < -0.4 is 4.74 Å². The number of carbonyl (C=O) groups is 1. The van der Waals surface area contributed by atoms with Crippen LogP contribution >= 0.6 is 0 Å². The number of esters is 1. The van der Waals surface area contributed by atoms with Crippen LogP contribution in [0.15, 0.2) is 47.4 Å². The third kappa shape index (κ3) is 5.03. The summed E-state index contributed by atoms with van der Waals surface area (Å²) in [6.07, 6.45) is 0.857. The molecule has 0 atom stereocenters. The number of rotatable bonds is 7. The highest BCUT2D eigenvalue weighted by Gasteiger charge is 2.24. The topological polar surface area (TPSA) is 113 Å². The fraction of sp³-hybridized carbons (Fsp3) is 0.235. The molecular formula is C17H17NO7S. The van der Waals surface area contributed by atoms with Gasteiger partial charge in [0.1, 0.15) is 23.9 Å². The van der Waals surface area contributed by atoms with Crippen LogP contribution in [0.5, 0.6) is 5.75 Å². The molecular weight excluding hydrogens is 362 g/mol. The molecule has 9 heteroatoms. The van der Waals surface area contributed by atoms with E-state index in [2.05, 4.69) is 0 Å². The van der Waals surface area contributed by atoms with Crippen LogP contribution in [0.25, 0.3) is 0 Å². The summed E-state index contributed by atoms with van der Waals surface area (Å²) >= 11 is 0. The zero-order valence-corrected chi connectivity index (χ0v) is 15.0. The van der Waals surface area contributed by atoms with Crippen LogP contribution in [0, 0.1) is 17.0 Å². The molecule has 0 fully saturated rings. The molecule has 0 aliphatic carbocycles. The molecule has 2 rings (SSSR count). The van der Waals surface area contributed by atoms with E-state index < -0.39 is 31.3 Å². The summed E-state index contributed by atoms with van der Waals surface area (Å²) in [5.41, 5.74) is 0.306. The van der Waals surface area contributed by atoms with Gasteiger partial charge in [-0.1, -0.05) is 17.7 Å². The van der Waals surface area contributed by atoms with Gasteiger partial charge in [-0.25, -0.2) is 13.2 Å². The summed E-state index contributed by atoms with van der Waals surface area (Å²) < 4.78 is 33.5. The minimum atomic E-state index is -3.79. The average molecular weight is 379 g/mol. The van der Waals surface area contributed by atoms with Crippen LogP contribution in [-0.4, -0.2) is 38.8 Å². The maximum atomic E-state index is 12.0. The average Bonchev–Trinajstić information content (AvgIpc) is 2.58. The molecule has 0 aromatic heterocycles. The zero-order valence-electron chi connectivity index (χ0n) is 14.2. The molecule has 0 radical (unpaired) electrons. The molecule has 0 amide bonds. The number of sulfone groups is 1. The van der Waals surface area contributed by atoms with Gasteiger partial charge >= 0.3 is 5.97 Å². The van der Waals surface area contributed by atoms with Gasteiger partial charge in [-0.3, -0.25) is 10.1 Å². The SMILES string of the molecule is Cc1ccc(OCCOC(=O)c2ccc(S(C)(=O)=O)c([N+](=O)[O-])c2)cc1. The van der Waals surface area contributed by atoms with Crippen molar-refractivity contribution < 1.29 is 27.6 Å². The molecule has 0 unspecified atom stereocenters. The first-order valence-corrected chi connectivity index (χ1v) is 9.42. The third-order valence-electron chi connectivity index (χ3n) is 3.40. The number of carbonyl (C=O) groups excluding carboxylic acids is 1. The highest BCUT2D eigenvalue weighted by molar-refractivity contribution is 7.90. The Hall–Kier alpha value is -2.94. The van der Waals surface area contributed by atoms with Gasteiger partial charge in [-0.2, -0.15) is 0 Å². The van der Waals surface area contributed by atoms with Crippen LogP contribution in [0.1, 0.15) is 15.9 Å². The maximum absolute atomic E-state index is 12.0. The van der Waals surface area contributed by atoms with Gasteiger partial charge in [0.25, 0.3) is 5.69 Å². The van der Waals surface area contributed by atoms with Gasteiger partial charge in [0.15, 0.2) is 9.84 Å². The van der Waals surface area contributed by atoms with Crippen molar-refractivity contribution in [3.05, 3.63) is 63.7 Å². The van der Waals surface area contributed by atoms with Gasteiger partial charge in [0.2, 0.25) is 0 Å². The predicted octanol–water partition coefficient (Wildman–Crippen LogP) is 2.54. The van der Waals surface area contributed by atoms with Gasteiger partial charge in [0, 0.05) is 12.3 Å². The second-order valence-corrected chi connectivity index (χ2v) is 7.49. The number of hydrogen-bond acceptors (Lipinski definition) is 7. The monoisotopic (exact) mass is 379 g/mol. The molecule has 2 aromatic rings. The van der Waals surface area contributed by atoms with Gasteiger partial charge in [-0.05, 0) is 31.2 Å². The minimum Gasteiger partial charge on any atom is -0.490 e. The maximum Gasteiger partial charge on any atom is 0.338 e. The van der Waals surface area contributed by atoms with E-state index in [1.165, 1.54) is 6.07 Å². The van der Waals surface area contributed by atoms with E-state index in [4.69, 9.17) is 9.47 Å². The molecule has 26 heavy (non-hydrogen) atoms. The summed E-state index contributed by atoms with van der Waals surface area (Å²) in [4.78, 5) is 21.7. The lowest BCUT2D eigenvalue weighted by molar-refractivity contribution is -0.387. The molecule has 0 aliphatic heterocycles. The second-order valence-electron chi connectivity index (χ2n) is 5.51. The summed E-state index contributed by atoms with van der Waals surface area (Å²) in [7, 11) is -3.79. The fourth-order valence-electron chi connectivity index (χ4n) is 2.11. The number of nitro benzene ring substituents is 1. The van der Waals surface area contributed by atoms with Crippen LogP contribution in [0.2, 0.25) is 0 Å². The van der Waals surface area contributed by atoms with Crippen molar-refractivity contribution >= 4 is 21.5 Å². The van der Waals surface area contributed by atoms with E-state index in [9.17, 15) is 23.3 Å². The predicted molar refractivity (Wildman–Crippen MR) is 93.2 cm³/mol. The summed E-state index contributed by atoms with van der Waals surface area (Å²) in [6, 6.07) is 10.4. The lowest BCUT2D eigenvalue weighted by Crippen LogP contribution is -2.13. The Labute approximate surface area is 150 Å². The van der Waals surface area contributed by atoms with Crippen molar-refractivity contribution in [2.45, 2.75) is 11.8 Å².